The predicted octanol–water partition coefficient (Wildman–Crippen LogP) is 1.72. The van der Waals surface area contributed by atoms with Gasteiger partial charge < -0.3 is 5.11 Å². The summed E-state index contributed by atoms with van der Waals surface area (Å²) in [6.45, 7) is 1.31. The summed E-state index contributed by atoms with van der Waals surface area (Å²) in [5, 5.41) is 4.73. The molecule has 1 N–H and O–H groups in total. The molecule has 0 aromatic heterocycles. The summed E-state index contributed by atoms with van der Waals surface area (Å²) < 4.78 is 24.7. The minimum atomic E-state index is -3.27. The van der Waals surface area contributed by atoms with E-state index in [4.69, 9.17) is 5.11 Å². The molecule has 2 nitrogen and oxygen atoms in total. The zero-order valence-corrected chi connectivity index (χ0v) is 6.03. The second-order valence-electron chi connectivity index (χ2n) is 1.80. The van der Waals surface area contributed by atoms with E-state index in [1.54, 1.807) is 0 Å². The van der Waals surface area contributed by atoms with Crippen molar-refractivity contribution in [3.8, 4) is 0 Å². The standard InChI is InChI=1S/C5H7ClF2O2/c1-2-3(7)5(6,8)4(9)10/h3H,2H2,1H3,(H,9,10). The fraction of sp³-hybridized carbons (Fsp3) is 0.800. The zero-order chi connectivity index (χ0) is 8.36. The predicted molar refractivity (Wildman–Crippen MR) is 32.5 cm³/mol. The third-order valence-electron chi connectivity index (χ3n) is 1.04. The molecule has 0 aliphatic carbocycles. The van der Waals surface area contributed by atoms with Gasteiger partial charge in [-0.05, 0) is 6.42 Å². The smallest absolute Gasteiger partial charge is 0.360 e. The number of carboxylic acid groups (broad SMARTS) is 1. The van der Waals surface area contributed by atoms with Gasteiger partial charge in [0, 0.05) is 0 Å². The molecule has 5 heteroatoms. The first-order valence-corrected chi connectivity index (χ1v) is 3.06. The summed E-state index contributed by atoms with van der Waals surface area (Å²) in [6.07, 6.45) is -2.42. The summed E-state index contributed by atoms with van der Waals surface area (Å²) in [4.78, 5) is 9.87. The van der Waals surface area contributed by atoms with Crippen LogP contribution in [0.1, 0.15) is 13.3 Å². The molecule has 0 rings (SSSR count). The first kappa shape index (κ1) is 9.62. The molecule has 0 bridgehead atoms. The summed E-state index contributed by atoms with van der Waals surface area (Å²) in [5.41, 5.74) is 0. The monoisotopic (exact) mass is 172 g/mol. The van der Waals surface area contributed by atoms with E-state index in [9.17, 15) is 13.6 Å². The van der Waals surface area contributed by atoms with Gasteiger partial charge in [-0.2, -0.15) is 0 Å². The molecule has 0 fully saturated rings. The van der Waals surface area contributed by atoms with Gasteiger partial charge in [-0.1, -0.05) is 18.5 Å². The molecule has 0 aromatic rings. The fourth-order valence-corrected chi connectivity index (χ4v) is 0.545. The molecule has 0 aliphatic heterocycles. The van der Waals surface area contributed by atoms with Crippen molar-refractivity contribution in [1.29, 1.82) is 0 Å². The third kappa shape index (κ3) is 1.80. The Balaban J connectivity index is 4.23. The Morgan fingerprint density at radius 1 is 1.90 bits per heavy atom. The number of rotatable bonds is 3. The minimum Gasteiger partial charge on any atom is -0.478 e. The van der Waals surface area contributed by atoms with E-state index >= 15 is 0 Å². The lowest BCUT2D eigenvalue weighted by atomic mass is 10.2. The van der Waals surface area contributed by atoms with Crippen LogP contribution in [0, 0.1) is 0 Å². The molecular formula is C5H7ClF2O2. The maximum absolute atomic E-state index is 12.4. The molecule has 60 valence electrons. The van der Waals surface area contributed by atoms with Crippen LogP contribution < -0.4 is 0 Å². The molecule has 10 heavy (non-hydrogen) atoms. The van der Waals surface area contributed by atoms with Crippen LogP contribution >= 0.6 is 11.6 Å². The van der Waals surface area contributed by atoms with Gasteiger partial charge in [-0.3, -0.25) is 0 Å². The second kappa shape index (κ2) is 3.14. The number of carboxylic acids is 1. The van der Waals surface area contributed by atoms with Crippen LogP contribution in [-0.2, 0) is 4.79 Å². The molecule has 2 unspecified atom stereocenters. The molecule has 0 spiro atoms. The number of hydrogen-bond acceptors (Lipinski definition) is 1. The first-order valence-electron chi connectivity index (χ1n) is 2.68. The lowest BCUT2D eigenvalue weighted by Gasteiger charge is -2.15. The first-order chi connectivity index (χ1) is 4.42. The molecule has 0 aliphatic rings. The molecule has 0 saturated heterocycles. The Morgan fingerprint density at radius 2 is 2.30 bits per heavy atom. The van der Waals surface area contributed by atoms with Gasteiger partial charge in [0.15, 0.2) is 6.17 Å². The van der Waals surface area contributed by atoms with E-state index in [0.717, 1.165) is 0 Å². The van der Waals surface area contributed by atoms with E-state index in [0.29, 0.717) is 0 Å². The molecular weight excluding hydrogens is 166 g/mol. The van der Waals surface area contributed by atoms with E-state index in [2.05, 4.69) is 11.6 Å². The van der Waals surface area contributed by atoms with Crippen LogP contribution in [0.25, 0.3) is 0 Å². The fourth-order valence-electron chi connectivity index (χ4n) is 0.390. The van der Waals surface area contributed by atoms with Crippen molar-refractivity contribution >= 4 is 17.6 Å². The molecule has 0 radical (unpaired) electrons. The van der Waals surface area contributed by atoms with Gasteiger partial charge in [0.2, 0.25) is 0 Å². The highest BCUT2D eigenvalue weighted by atomic mass is 35.5. The van der Waals surface area contributed by atoms with Crippen LogP contribution in [0.2, 0.25) is 0 Å². The van der Waals surface area contributed by atoms with Crippen molar-refractivity contribution in [2.24, 2.45) is 0 Å². The Bertz CT molecular complexity index is 138. The number of hydrogen-bond donors (Lipinski definition) is 1. The minimum absolute atomic E-state index is 0.258. The topological polar surface area (TPSA) is 37.3 Å². The van der Waals surface area contributed by atoms with Crippen LogP contribution in [0.15, 0.2) is 0 Å². The Hall–Kier alpha value is -0.380. The molecule has 0 aromatic carbocycles. The maximum Gasteiger partial charge on any atom is 0.360 e. The molecule has 0 saturated carbocycles. The van der Waals surface area contributed by atoms with Gasteiger partial charge in [-0.15, -0.1) is 0 Å². The van der Waals surface area contributed by atoms with Crippen molar-refractivity contribution in [1.82, 2.24) is 0 Å². The molecule has 0 heterocycles. The lowest BCUT2D eigenvalue weighted by Crippen LogP contribution is -2.37. The second-order valence-corrected chi connectivity index (χ2v) is 2.35. The summed E-state index contributed by atoms with van der Waals surface area (Å²) in [6, 6.07) is 0. The van der Waals surface area contributed by atoms with Gasteiger partial charge in [-0.25, -0.2) is 13.6 Å². The van der Waals surface area contributed by atoms with E-state index < -0.39 is 17.3 Å². The highest BCUT2D eigenvalue weighted by Crippen LogP contribution is 2.26. The van der Waals surface area contributed by atoms with Gasteiger partial charge in [0.25, 0.3) is 0 Å². The molecule has 2 atom stereocenters. The summed E-state index contributed by atoms with van der Waals surface area (Å²) in [7, 11) is 0. The van der Waals surface area contributed by atoms with E-state index in [-0.39, 0.29) is 6.42 Å². The number of aliphatic carboxylic acids is 1. The normalized spacial score (nSPS) is 19.6. The van der Waals surface area contributed by atoms with Gasteiger partial charge in [0.05, 0.1) is 0 Å². The van der Waals surface area contributed by atoms with Crippen molar-refractivity contribution in [3.63, 3.8) is 0 Å². The highest BCUT2D eigenvalue weighted by molar-refractivity contribution is 6.32. The van der Waals surface area contributed by atoms with E-state index in [1.807, 2.05) is 0 Å². The third-order valence-corrected chi connectivity index (χ3v) is 1.44. The zero-order valence-electron chi connectivity index (χ0n) is 5.27. The van der Waals surface area contributed by atoms with Crippen LogP contribution in [0.5, 0.6) is 0 Å². The van der Waals surface area contributed by atoms with E-state index in [1.165, 1.54) is 6.92 Å². The number of carbonyl (C=O) groups is 1. The highest BCUT2D eigenvalue weighted by Gasteiger charge is 2.44. The van der Waals surface area contributed by atoms with Crippen LogP contribution in [0.4, 0.5) is 8.78 Å². The Labute approximate surface area is 61.8 Å². The van der Waals surface area contributed by atoms with Crippen LogP contribution in [-0.4, -0.2) is 22.4 Å². The number of halogens is 3. The van der Waals surface area contributed by atoms with Gasteiger partial charge in [0.1, 0.15) is 0 Å². The Morgan fingerprint density at radius 3 is 2.40 bits per heavy atom. The summed E-state index contributed by atoms with van der Waals surface area (Å²) in [5.74, 6) is -1.98. The van der Waals surface area contributed by atoms with Crippen molar-refractivity contribution < 1.29 is 18.7 Å². The average Bonchev–Trinajstić information content (AvgIpc) is 1.86. The van der Waals surface area contributed by atoms with Crippen molar-refractivity contribution in [2.45, 2.75) is 24.6 Å². The largest absolute Gasteiger partial charge is 0.478 e. The summed E-state index contributed by atoms with van der Waals surface area (Å²) >= 11 is 4.68. The molecule has 0 amide bonds. The van der Waals surface area contributed by atoms with Crippen LogP contribution in [0.3, 0.4) is 0 Å². The van der Waals surface area contributed by atoms with Crippen molar-refractivity contribution in [3.05, 3.63) is 0 Å². The van der Waals surface area contributed by atoms with Gasteiger partial charge >= 0.3 is 11.1 Å². The SMILES string of the molecule is CCC(F)C(F)(Cl)C(=O)O. The van der Waals surface area contributed by atoms with Crippen molar-refractivity contribution in [2.75, 3.05) is 0 Å². The average molecular weight is 173 g/mol. The lowest BCUT2D eigenvalue weighted by molar-refractivity contribution is -0.148. The maximum atomic E-state index is 12.4. The number of alkyl halides is 3. The Kier molecular flexibility index (Phi) is 3.02. The quantitative estimate of drug-likeness (QED) is 0.659.